The molecule has 2 N–H and O–H groups in total. The number of likely N-dealkylation sites (tertiary alicyclic amines) is 1. The third-order valence-electron chi connectivity index (χ3n) is 8.32. The first-order valence-corrected chi connectivity index (χ1v) is 14.1. The van der Waals surface area contributed by atoms with E-state index < -0.39 is 11.9 Å². The van der Waals surface area contributed by atoms with E-state index in [9.17, 15) is 14.4 Å². The Balaban J connectivity index is 1.06. The zero-order chi connectivity index (χ0) is 26.8. The minimum atomic E-state index is -0.608. The molecule has 0 saturated carbocycles. The zero-order valence-electron chi connectivity index (χ0n) is 22.2. The fourth-order valence-corrected chi connectivity index (χ4v) is 6.12. The summed E-state index contributed by atoms with van der Waals surface area (Å²) in [7, 11) is 0. The number of amides is 3. The van der Waals surface area contributed by atoms with E-state index in [4.69, 9.17) is 9.72 Å². The Morgan fingerprint density at radius 1 is 1.00 bits per heavy atom. The van der Waals surface area contributed by atoms with E-state index in [1.54, 1.807) is 11.0 Å². The van der Waals surface area contributed by atoms with E-state index in [1.165, 1.54) is 18.4 Å². The van der Waals surface area contributed by atoms with Crippen LogP contribution in [0.1, 0.15) is 53.6 Å². The maximum absolute atomic E-state index is 13.0. The molecular weight excluding hydrogens is 496 g/mol. The number of rotatable bonds is 7. The van der Waals surface area contributed by atoms with E-state index in [2.05, 4.69) is 32.6 Å². The van der Waals surface area contributed by atoms with Gasteiger partial charge in [-0.15, -0.1) is 0 Å². The molecule has 0 bridgehead atoms. The van der Waals surface area contributed by atoms with Gasteiger partial charge in [-0.25, -0.2) is 4.98 Å². The molecule has 5 heterocycles. The molecule has 206 valence electrons. The Hall–Kier alpha value is -3.50. The van der Waals surface area contributed by atoms with Gasteiger partial charge < -0.3 is 19.9 Å². The number of nitrogens with zero attached hydrogens (tertiary/aromatic N) is 4. The predicted octanol–water partition coefficient (Wildman–Crippen LogP) is 1.69. The average molecular weight is 533 g/mol. The lowest BCUT2D eigenvalue weighted by molar-refractivity contribution is -0.136. The Labute approximate surface area is 228 Å². The molecule has 2 atom stereocenters. The van der Waals surface area contributed by atoms with Crippen LogP contribution < -0.4 is 20.3 Å². The normalized spacial score (nSPS) is 24.1. The van der Waals surface area contributed by atoms with Crippen molar-refractivity contribution in [3.63, 3.8) is 0 Å². The first kappa shape index (κ1) is 25.8. The second-order valence-corrected chi connectivity index (χ2v) is 10.9. The van der Waals surface area contributed by atoms with Gasteiger partial charge in [0.25, 0.3) is 5.91 Å². The van der Waals surface area contributed by atoms with Gasteiger partial charge in [0, 0.05) is 63.5 Å². The highest BCUT2D eigenvalue weighted by molar-refractivity contribution is 6.05. The maximum atomic E-state index is 13.0. The highest BCUT2D eigenvalue weighted by atomic mass is 16.5. The summed E-state index contributed by atoms with van der Waals surface area (Å²) in [6, 6.07) is 9.60. The fourth-order valence-electron chi connectivity index (χ4n) is 6.12. The molecule has 10 nitrogen and oxygen atoms in total. The van der Waals surface area contributed by atoms with Gasteiger partial charge in [0.15, 0.2) is 0 Å². The first-order chi connectivity index (χ1) is 19.0. The topological polar surface area (TPSA) is 107 Å². The van der Waals surface area contributed by atoms with Crippen LogP contribution in [-0.2, 0) is 22.7 Å². The number of carbonyl (C=O) groups is 3. The van der Waals surface area contributed by atoms with Crippen molar-refractivity contribution in [1.82, 2.24) is 25.4 Å². The summed E-state index contributed by atoms with van der Waals surface area (Å²) in [5, 5.41) is 5.73. The lowest BCUT2D eigenvalue weighted by Gasteiger charge is -2.35. The number of aromatic nitrogens is 1. The standard InChI is InChI=1S/C29H36N6O4/c36-27-9-7-25(28(37)32-27)35-18-21-15-23(5-6-24(21)29(35)38)39-19-22-3-1-2-12-34(22)17-20-4-8-26(31-16-20)33-13-10-30-11-14-33/h4-6,8,15-16,22,25,30H,1-3,7,9-14,17-19H2,(H,32,36,37)/t22-,25?/m1/s1. The van der Waals surface area contributed by atoms with Crippen molar-refractivity contribution in [3.05, 3.63) is 53.2 Å². The predicted molar refractivity (Wildman–Crippen MR) is 145 cm³/mol. The Morgan fingerprint density at radius 3 is 2.67 bits per heavy atom. The van der Waals surface area contributed by atoms with Gasteiger partial charge in [-0.2, -0.15) is 0 Å². The van der Waals surface area contributed by atoms with E-state index >= 15 is 0 Å². The van der Waals surface area contributed by atoms with E-state index in [0.717, 1.165) is 62.8 Å². The second-order valence-electron chi connectivity index (χ2n) is 10.9. The van der Waals surface area contributed by atoms with Gasteiger partial charge in [0.05, 0.1) is 0 Å². The number of piperazine rings is 1. The lowest BCUT2D eigenvalue weighted by atomic mass is 10.0. The van der Waals surface area contributed by atoms with E-state index in [-0.39, 0.29) is 18.2 Å². The Bertz CT molecular complexity index is 1230. The van der Waals surface area contributed by atoms with Crippen LogP contribution in [0.2, 0.25) is 0 Å². The molecule has 0 spiro atoms. The summed E-state index contributed by atoms with van der Waals surface area (Å²) in [5.74, 6) is 0.941. The van der Waals surface area contributed by atoms with Gasteiger partial charge in [0.1, 0.15) is 24.2 Å². The number of ether oxygens (including phenoxy) is 1. The van der Waals surface area contributed by atoms with Crippen LogP contribution in [0, 0.1) is 0 Å². The minimum Gasteiger partial charge on any atom is -0.492 e. The lowest BCUT2D eigenvalue weighted by Crippen LogP contribution is -2.52. The van der Waals surface area contributed by atoms with Crippen molar-refractivity contribution < 1.29 is 19.1 Å². The summed E-state index contributed by atoms with van der Waals surface area (Å²) in [6.45, 7) is 6.79. The summed E-state index contributed by atoms with van der Waals surface area (Å²) in [5.41, 5.74) is 2.67. The van der Waals surface area contributed by atoms with Crippen LogP contribution >= 0.6 is 0 Å². The molecule has 10 heteroatoms. The molecule has 2 aromatic rings. The molecule has 1 unspecified atom stereocenters. The molecule has 1 aromatic carbocycles. The molecule has 3 fully saturated rings. The summed E-state index contributed by atoms with van der Waals surface area (Å²) >= 11 is 0. The number of fused-ring (bicyclic) bond motifs is 1. The van der Waals surface area contributed by atoms with Gasteiger partial charge in [-0.3, -0.25) is 24.6 Å². The first-order valence-electron chi connectivity index (χ1n) is 14.1. The highest BCUT2D eigenvalue weighted by Crippen LogP contribution is 2.31. The van der Waals surface area contributed by atoms with Crippen molar-refractivity contribution in [2.45, 2.75) is 57.3 Å². The van der Waals surface area contributed by atoms with E-state index in [0.29, 0.717) is 31.2 Å². The number of hydrogen-bond donors (Lipinski definition) is 2. The molecule has 4 aliphatic heterocycles. The Morgan fingerprint density at radius 2 is 1.87 bits per heavy atom. The molecule has 3 saturated heterocycles. The molecule has 4 aliphatic rings. The van der Waals surface area contributed by atoms with Gasteiger partial charge in [0.2, 0.25) is 11.8 Å². The van der Waals surface area contributed by atoms with Crippen molar-refractivity contribution in [2.75, 3.05) is 44.2 Å². The van der Waals surface area contributed by atoms with Crippen molar-refractivity contribution in [1.29, 1.82) is 0 Å². The molecular formula is C29H36N6O4. The molecule has 0 aliphatic carbocycles. The number of nitrogens with one attached hydrogen (secondary N) is 2. The van der Waals surface area contributed by atoms with Crippen LogP contribution in [-0.4, -0.2) is 83.9 Å². The van der Waals surface area contributed by atoms with Crippen LogP contribution in [0.25, 0.3) is 0 Å². The fraction of sp³-hybridized carbons (Fsp3) is 0.517. The minimum absolute atomic E-state index is 0.166. The molecule has 1 aromatic heterocycles. The van der Waals surface area contributed by atoms with E-state index in [1.807, 2.05) is 18.3 Å². The second kappa shape index (κ2) is 11.3. The van der Waals surface area contributed by atoms with Crippen molar-refractivity contribution in [2.24, 2.45) is 0 Å². The average Bonchev–Trinajstić information content (AvgIpc) is 3.28. The quantitative estimate of drug-likeness (QED) is 0.519. The van der Waals surface area contributed by atoms with Gasteiger partial charge in [-0.1, -0.05) is 12.5 Å². The number of pyridine rings is 1. The maximum Gasteiger partial charge on any atom is 0.255 e. The highest BCUT2D eigenvalue weighted by Gasteiger charge is 2.39. The number of carbonyl (C=O) groups excluding carboxylic acids is 3. The molecule has 39 heavy (non-hydrogen) atoms. The van der Waals surface area contributed by atoms with Crippen LogP contribution in [0.3, 0.4) is 0 Å². The van der Waals surface area contributed by atoms with Gasteiger partial charge >= 0.3 is 0 Å². The molecule has 6 rings (SSSR count). The zero-order valence-corrected chi connectivity index (χ0v) is 22.2. The SMILES string of the molecule is O=C1CCC(N2Cc3cc(OC[C@H]4CCCCN4Cc4ccc(N5CCNCC5)nc4)ccc3C2=O)C(=O)N1. The number of anilines is 1. The summed E-state index contributed by atoms with van der Waals surface area (Å²) in [6.07, 6.45) is 6.07. The summed E-state index contributed by atoms with van der Waals surface area (Å²) < 4.78 is 6.26. The third kappa shape index (κ3) is 5.62. The third-order valence-corrected chi connectivity index (χ3v) is 8.32. The monoisotopic (exact) mass is 532 g/mol. The van der Waals surface area contributed by atoms with Crippen LogP contribution in [0.5, 0.6) is 5.75 Å². The molecule has 3 amide bonds. The van der Waals surface area contributed by atoms with Crippen molar-refractivity contribution in [3.8, 4) is 5.75 Å². The number of benzene rings is 1. The smallest absolute Gasteiger partial charge is 0.255 e. The van der Waals surface area contributed by atoms with Crippen molar-refractivity contribution >= 4 is 23.5 Å². The molecule has 0 radical (unpaired) electrons. The van der Waals surface area contributed by atoms with Crippen LogP contribution in [0.15, 0.2) is 36.5 Å². The number of imide groups is 1. The van der Waals surface area contributed by atoms with Gasteiger partial charge in [-0.05, 0) is 61.2 Å². The Kier molecular flexibility index (Phi) is 7.47. The number of piperidine rings is 2. The summed E-state index contributed by atoms with van der Waals surface area (Å²) in [4.78, 5) is 47.9. The van der Waals surface area contributed by atoms with Crippen LogP contribution in [0.4, 0.5) is 5.82 Å². The number of hydrogen-bond acceptors (Lipinski definition) is 8. The largest absolute Gasteiger partial charge is 0.492 e.